The summed E-state index contributed by atoms with van der Waals surface area (Å²) in [7, 11) is 2.09. The molecule has 0 aromatic heterocycles. The van der Waals surface area contributed by atoms with E-state index in [0.717, 1.165) is 25.9 Å². The second kappa shape index (κ2) is 18.2. The Morgan fingerprint density at radius 3 is 2.00 bits per heavy atom. The van der Waals surface area contributed by atoms with E-state index in [9.17, 15) is 13.6 Å². The van der Waals surface area contributed by atoms with Crippen LogP contribution in [0.1, 0.15) is 55.5 Å². The molecule has 2 aromatic carbocycles. The Kier molecular flexibility index (Phi) is 16.6. The molecule has 35 heavy (non-hydrogen) atoms. The fourth-order valence-corrected chi connectivity index (χ4v) is 3.60. The van der Waals surface area contributed by atoms with Crippen LogP contribution < -0.4 is 10.1 Å². The number of halogens is 2. The number of para-hydroxylation sites is 1. The molecule has 0 unspecified atom stereocenters. The molecular weight excluding hydrogens is 454 g/mol. The predicted molar refractivity (Wildman–Crippen MR) is 135 cm³/mol. The minimum Gasteiger partial charge on any atom is -0.434 e. The summed E-state index contributed by atoms with van der Waals surface area (Å²) >= 11 is 0. The molecule has 194 valence electrons. The van der Waals surface area contributed by atoms with Crippen LogP contribution >= 0.6 is 0 Å². The van der Waals surface area contributed by atoms with Crippen molar-refractivity contribution in [3.05, 3.63) is 65.7 Å². The SMILES string of the molecule is C=O.C=O.CCCC.CN1CCC(CNC(=O)c2ccccc2OC(F)F)(c2ccccc2)CC1. The quantitative estimate of drug-likeness (QED) is 0.581. The molecule has 3 rings (SSSR count). The maximum atomic E-state index is 12.7. The number of piperidine rings is 1. The minimum atomic E-state index is -2.97. The van der Waals surface area contributed by atoms with E-state index in [1.165, 1.54) is 30.5 Å². The van der Waals surface area contributed by atoms with E-state index in [-0.39, 0.29) is 16.7 Å². The number of unbranched alkanes of at least 4 members (excludes halogenated alkanes) is 1. The van der Waals surface area contributed by atoms with Gasteiger partial charge in [-0.2, -0.15) is 8.78 Å². The second-order valence-corrected chi connectivity index (χ2v) is 8.01. The van der Waals surface area contributed by atoms with Crippen LogP contribution in [0, 0.1) is 0 Å². The highest BCUT2D eigenvalue weighted by molar-refractivity contribution is 5.97. The van der Waals surface area contributed by atoms with Gasteiger partial charge in [-0.15, -0.1) is 0 Å². The number of carbonyl (C=O) groups excluding carboxylic acids is 3. The van der Waals surface area contributed by atoms with Crippen LogP contribution in [-0.2, 0) is 15.0 Å². The average Bonchev–Trinajstić information content (AvgIpc) is 2.91. The minimum absolute atomic E-state index is 0.109. The number of ether oxygens (including phenoxy) is 1. The van der Waals surface area contributed by atoms with Gasteiger partial charge in [0.15, 0.2) is 0 Å². The second-order valence-electron chi connectivity index (χ2n) is 8.01. The van der Waals surface area contributed by atoms with Crippen molar-refractivity contribution in [2.45, 2.75) is 51.6 Å². The molecule has 0 aliphatic carbocycles. The lowest BCUT2D eigenvalue weighted by Crippen LogP contribution is -2.48. The van der Waals surface area contributed by atoms with Crippen molar-refractivity contribution >= 4 is 19.5 Å². The predicted octanol–water partition coefficient (Wildman–Crippen LogP) is 5.12. The number of nitrogens with zero attached hydrogens (tertiary/aromatic N) is 1. The number of benzene rings is 2. The first-order chi connectivity index (χ1) is 16.9. The van der Waals surface area contributed by atoms with Crippen LogP contribution in [0.25, 0.3) is 0 Å². The summed E-state index contributed by atoms with van der Waals surface area (Å²) < 4.78 is 29.7. The van der Waals surface area contributed by atoms with Crippen LogP contribution in [0.5, 0.6) is 5.75 Å². The van der Waals surface area contributed by atoms with Crippen LogP contribution in [0.2, 0.25) is 0 Å². The zero-order valence-corrected chi connectivity index (χ0v) is 21.0. The van der Waals surface area contributed by atoms with Gasteiger partial charge in [0, 0.05) is 12.0 Å². The van der Waals surface area contributed by atoms with Crippen LogP contribution in [0.15, 0.2) is 54.6 Å². The van der Waals surface area contributed by atoms with Gasteiger partial charge in [0.2, 0.25) is 0 Å². The van der Waals surface area contributed by atoms with Crippen LogP contribution in [0.3, 0.4) is 0 Å². The molecule has 0 spiro atoms. The number of carbonyl (C=O) groups is 3. The summed E-state index contributed by atoms with van der Waals surface area (Å²) in [4.78, 5) is 31.0. The normalized spacial score (nSPS) is 14.1. The Hall–Kier alpha value is -3.13. The highest BCUT2D eigenvalue weighted by Gasteiger charge is 2.35. The molecule has 1 saturated heterocycles. The molecule has 1 aliphatic heterocycles. The molecule has 0 saturated carbocycles. The third-order valence-corrected chi connectivity index (χ3v) is 5.77. The number of nitrogens with one attached hydrogen (secondary N) is 1. The molecular formula is C27H38F2N2O4. The number of amides is 1. The van der Waals surface area contributed by atoms with Gasteiger partial charge < -0.3 is 24.5 Å². The van der Waals surface area contributed by atoms with Crippen LogP contribution in [-0.4, -0.2) is 57.7 Å². The van der Waals surface area contributed by atoms with E-state index in [1.807, 2.05) is 31.8 Å². The van der Waals surface area contributed by atoms with E-state index >= 15 is 0 Å². The number of likely N-dealkylation sites (tertiary alicyclic amines) is 1. The van der Waals surface area contributed by atoms with E-state index in [0.29, 0.717) is 6.54 Å². The Morgan fingerprint density at radius 2 is 1.49 bits per heavy atom. The number of alkyl halides is 2. The lowest BCUT2D eigenvalue weighted by Gasteiger charge is -2.41. The molecule has 0 radical (unpaired) electrons. The Bertz CT molecular complexity index is 825. The van der Waals surface area contributed by atoms with Gasteiger partial charge in [-0.05, 0) is 50.7 Å². The van der Waals surface area contributed by atoms with Crippen LogP contribution in [0.4, 0.5) is 8.78 Å². The maximum Gasteiger partial charge on any atom is 0.387 e. The maximum absolute atomic E-state index is 12.7. The molecule has 1 heterocycles. The van der Waals surface area contributed by atoms with Gasteiger partial charge in [-0.25, -0.2) is 0 Å². The third-order valence-electron chi connectivity index (χ3n) is 5.77. The lowest BCUT2D eigenvalue weighted by molar-refractivity contribution is -0.0987. The molecule has 2 aromatic rings. The van der Waals surface area contributed by atoms with Crippen molar-refractivity contribution in [2.75, 3.05) is 26.7 Å². The van der Waals surface area contributed by atoms with Crippen molar-refractivity contribution in [3.8, 4) is 5.75 Å². The molecule has 1 fully saturated rings. The standard InChI is InChI=1S/C21H24F2N2O2.C4H10.2CH2O/c1-25-13-11-21(12-14-25,16-7-3-2-4-8-16)15-24-19(26)17-9-5-6-10-18(17)27-20(22)23;1-3-4-2;2*1-2/h2-10,20H,11-15H2,1H3,(H,24,26);3-4H2,1-2H3;2*1H2. The number of rotatable bonds is 7. The summed E-state index contributed by atoms with van der Waals surface area (Å²) in [5.41, 5.74) is 1.14. The van der Waals surface area contributed by atoms with Crippen molar-refractivity contribution in [1.29, 1.82) is 0 Å². The largest absolute Gasteiger partial charge is 0.434 e. The Morgan fingerprint density at radius 1 is 0.971 bits per heavy atom. The average molecular weight is 493 g/mol. The highest BCUT2D eigenvalue weighted by Crippen LogP contribution is 2.35. The first kappa shape index (κ1) is 31.9. The van der Waals surface area contributed by atoms with E-state index in [1.54, 1.807) is 12.1 Å². The first-order valence-corrected chi connectivity index (χ1v) is 11.6. The summed E-state index contributed by atoms with van der Waals surface area (Å²) in [5, 5.41) is 2.95. The third kappa shape index (κ3) is 10.8. The van der Waals surface area contributed by atoms with E-state index in [2.05, 4.69) is 48.0 Å². The molecule has 0 atom stereocenters. The van der Waals surface area contributed by atoms with Crippen molar-refractivity contribution < 1.29 is 27.9 Å². The monoisotopic (exact) mass is 492 g/mol. The molecule has 1 N–H and O–H groups in total. The lowest BCUT2D eigenvalue weighted by atomic mass is 9.72. The van der Waals surface area contributed by atoms with E-state index in [4.69, 9.17) is 9.59 Å². The summed E-state index contributed by atoms with van der Waals surface area (Å²) in [5.74, 6) is -0.511. The molecule has 6 nitrogen and oxygen atoms in total. The molecule has 8 heteroatoms. The van der Waals surface area contributed by atoms with Gasteiger partial charge in [0.1, 0.15) is 19.3 Å². The summed E-state index contributed by atoms with van der Waals surface area (Å²) in [6, 6.07) is 16.2. The zero-order valence-electron chi connectivity index (χ0n) is 21.0. The van der Waals surface area contributed by atoms with E-state index < -0.39 is 12.5 Å². The smallest absolute Gasteiger partial charge is 0.387 e. The molecule has 0 bridgehead atoms. The fourth-order valence-electron chi connectivity index (χ4n) is 3.60. The number of hydrogen-bond donors (Lipinski definition) is 1. The molecule has 1 aliphatic rings. The van der Waals surface area contributed by atoms with Gasteiger partial charge in [-0.3, -0.25) is 4.79 Å². The first-order valence-electron chi connectivity index (χ1n) is 11.6. The summed E-state index contributed by atoms with van der Waals surface area (Å²) in [6.07, 6.45) is 4.48. The fraction of sp³-hybridized carbons (Fsp3) is 0.444. The van der Waals surface area contributed by atoms with Gasteiger partial charge >= 0.3 is 6.61 Å². The highest BCUT2D eigenvalue weighted by atomic mass is 19.3. The Balaban J connectivity index is 0.00000129. The van der Waals surface area contributed by atoms with Gasteiger partial charge in [0.25, 0.3) is 5.91 Å². The van der Waals surface area contributed by atoms with Crippen molar-refractivity contribution in [2.24, 2.45) is 0 Å². The topological polar surface area (TPSA) is 75.7 Å². The number of hydrogen-bond acceptors (Lipinski definition) is 5. The van der Waals surface area contributed by atoms with Gasteiger partial charge in [0.05, 0.1) is 5.56 Å². The molecule has 1 amide bonds. The zero-order chi connectivity index (χ0) is 26.7. The van der Waals surface area contributed by atoms with Gasteiger partial charge in [-0.1, -0.05) is 69.2 Å². The Labute approximate surface area is 207 Å². The van der Waals surface area contributed by atoms with Crippen molar-refractivity contribution in [3.63, 3.8) is 0 Å². The van der Waals surface area contributed by atoms with Crippen molar-refractivity contribution in [1.82, 2.24) is 10.2 Å². The summed E-state index contributed by atoms with van der Waals surface area (Å²) in [6.45, 7) is 7.72.